The smallest absolute Gasteiger partial charge is 0.387 e. The van der Waals surface area contributed by atoms with Crippen LogP contribution in [-0.2, 0) is 38.1 Å². The van der Waals surface area contributed by atoms with Crippen LogP contribution >= 0.6 is 58.0 Å². The Kier molecular flexibility index (Phi) is 12.6. The van der Waals surface area contributed by atoms with Crippen molar-refractivity contribution in [1.29, 1.82) is 0 Å². The molecule has 3 rings (SSSR count). The quantitative estimate of drug-likeness (QED) is 0.0587. The number of aliphatic hydroxyl groups is 2. The molecular formula is C17H25Cl2F3N5O13P3S2. The van der Waals surface area contributed by atoms with Gasteiger partial charge in [0.1, 0.15) is 18.3 Å². The largest absolute Gasteiger partial charge is 0.479 e. The molecule has 0 aromatic carbocycles. The van der Waals surface area contributed by atoms with Crippen molar-refractivity contribution in [3.05, 3.63) is 6.33 Å². The second-order valence-electron chi connectivity index (χ2n) is 9.06. The lowest BCUT2D eigenvalue weighted by Gasteiger charge is -2.26. The van der Waals surface area contributed by atoms with Crippen LogP contribution < -0.4 is 5.32 Å². The van der Waals surface area contributed by atoms with Crippen molar-refractivity contribution in [2.45, 2.75) is 46.1 Å². The number of phosphoric ester groups is 1. The standard InChI is InChI=1S/C17H25Cl2F3N5O13P3S2/c1-45(37)5-3-23-12-9-13(26-15(25-12)44-4-2-16(20,21)22)27(7-24-9)14-11(29)10(28)8(39-14)6-38-43(35,36)40-42(33,34)17(18,19)41(30,31)32/h7-8,10-11,14,28-29H,2-6H2,1H3,(H,33,34)(H,35,36)(H,23,25,26)(H2,30,31,32)/t8-,10-,11-,14-,45?/m1/s1. The highest BCUT2D eigenvalue weighted by Gasteiger charge is 2.62. The normalized spacial score (nSPS) is 24.8. The minimum Gasteiger partial charge on any atom is -0.387 e. The van der Waals surface area contributed by atoms with Gasteiger partial charge in [0, 0.05) is 35.1 Å². The number of thioether (sulfide) groups is 1. The Morgan fingerprint density at radius 2 is 1.80 bits per heavy atom. The number of phosphoric acid groups is 1. The predicted molar refractivity (Wildman–Crippen MR) is 153 cm³/mol. The molecule has 1 saturated heterocycles. The predicted octanol–water partition coefficient (Wildman–Crippen LogP) is 1.87. The monoisotopic (exact) mass is 791 g/mol. The summed E-state index contributed by atoms with van der Waals surface area (Å²) in [5.74, 6) is -0.223. The average Bonchev–Trinajstić information content (AvgIpc) is 3.41. The Bertz CT molecular complexity index is 1550. The third-order valence-corrected chi connectivity index (χ3v) is 15.0. The van der Waals surface area contributed by atoms with Gasteiger partial charge in [-0.05, 0) is 0 Å². The van der Waals surface area contributed by atoms with E-state index in [-0.39, 0.29) is 34.4 Å². The summed E-state index contributed by atoms with van der Waals surface area (Å²) in [5.41, 5.74) is -0.0440. The number of nitrogens with one attached hydrogen (secondary N) is 1. The van der Waals surface area contributed by atoms with E-state index in [0.717, 1.165) is 10.9 Å². The third-order valence-electron chi connectivity index (χ3n) is 5.62. The van der Waals surface area contributed by atoms with Crippen LogP contribution in [0.1, 0.15) is 12.6 Å². The molecule has 7 N–H and O–H groups in total. The van der Waals surface area contributed by atoms with Gasteiger partial charge in [-0.25, -0.2) is 23.8 Å². The summed E-state index contributed by atoms with van der Waals surface area (Å²) in [6, 6.07) is 0. The Hall–Kier alpha value is -0.450. The van der Waals surface area contributed by atoms with Gasteiger partial charge in [-0.3, -0.25) is 22.4 Å². The fraction of sp³-hybridized carbons (Fsp3) is 0.706. The van der Waals surface area contributed by atoms with Gasteiger partial charge in [0.15, 0.2) is 28.4 Å². The molecule has 2 aromatic heterocycles. The third kappa shape index (κ3) is 9.81. The minimum atomic E-state index is -5.98. The first-order chi connectivity index (χ1) is 20.5. The molecular weight excluding hydrogens is 767 g/mol. The zero-order valence-corrected chi connectivity index (χ0v) is 28.1. The number of fused-ring (bicyclic) bond motifs is 1. The molecule has 18 nitrogen and oxygen atoms in total. The molecule has 3 unspecified atom stereocenters. The number of aromatic nitrogens is 4. The first kappa shape index (κ1) is 39.0. The fourth-order valence-electron chi connectivity index (χ4n) is 3.48. The van der Waals surface area contributed by atoms with Crippen molar-refractivity contribution in [3.63, 3.8) is 0 Å². The average molecular weight is 792 g/mol. The topological polar surface area (TPSA) is 273 Å². The number of alkyl halides is 5. The summed E-state index contributed by atoms with van der Waals surface area (Å²) in [4.78, 5) is 50.2. The highest BCUT2D eigenvalue weighted by atomic mass is 35.5. The maximum absolute atomic E-state index is 12.7. The molecule has 28 heteroatoms. The number of nitrogens with zero attached hydrogens (tertiary/aromatic N) is 4. The van der Waals surface area contributed by atoms with Gasteiger partial charge >= 0.3 is 33.0 Å². The van der Waals surface area contributed by atoms with E-state index in [1.54, 1.807) is 0 Å². The molecule has 0 amide bonds. The van der Waals surface area contributed by atoms with Crippen LogP contribution in [0, 0.1) is 0 Å². The molecule has 2 aromatic rings. The fourth-order valence-corrected chi connectivity index (χ4v) is 8.93. The van der Waals surface area contributed by atoms with E-state index in [1.807, 2.05) is 0 Å². The van der Waals surface area contributed by atoms with E-state index in [2.05, 4.69) is 29.1 Å². The number of imidazole rings is 1. The highest BCUT2D eigenvalue weighted by molar-refractivity contribution is 7.99. The van der Waals surface area contributed by atoms with E-state index in [4.69, 9.17) is 37.7 Å². The Morgan fingerprint density at radius 3 is 2.38 bits per heavy atom. The molecule has 0 saturated carbocycles. The van der Waals surface area contributed by atoms with Crippen LogP contribution in [0.5, 0.6) is 0 Å². The SMILES string of the molecule is CS(=O)CCNc1nc(SCCC(F)(F)F)nc2c1ncn2[C@@H]1O[C@H](COP(=O)(O)OP(=O)(O)C(Cl)(Cl)P(=O)(O)O)[C@@H](O)[C@H]1O. The van der Waals surface area contributed by atoms with Crippen molar-refractivity contribution < 1.29 is 74.4 Å². The van der Waals surface area contributed by atoms with Crippen LogP contribution in [-0.4, -0.2) is 113 Å². The maximum Gasteiger partial charge on any atom is 0.479 e. The number of ether oxygens (including phenoxy) is 1. The zero-order chi connectivity index (χ0) is 34.2. The number of hydrogen-bond donors (Lipinski definition) is 7. The van der Waals surface area contributed by atoms with Gasteiger partial charge in [0.05, 0.1) is 19.4 Å². The van der Waals surface area contributed by atoms with Crippen LogP contribution in [0.25, 0.3) is 11.2 Å². The van der Waals surface area contributed by atoms with E-state index >= 15 is 0 Å². The molecule has 0 spiro atoms. The number of anilines is 1. The Balaban J connectivity index is 1.83. The molecule has 7 atom stereocenters. The maximum atomic E-state index is 12.7. The van der Waals surface area contributed by atoms with Gasteiger partial charge in [-0.15, -0.1) is 0 Å². The van der Waals surface area contributed by atoms with Gasteiger partial charge in [-0.1, -0.05) is 35.0 Å². The summed E-state index contributed by atoms with van der Waals surface area (Å²) >= 11 is 11.1. The first-order valence-electron chi connectivity index (χ1n) is 11.9. The molecule has 1 aliphatic heterocycles. The summed E-state index contributed by atoms with van der Waals surface area (Å²) < 4.78 is 96.5. The van der Waals surface area contributed by atoms with Crippen LogP contribution in [0.4, 0.5) is 19.0 Å². The van der Waals surface area contributed by atoms with Crippen molar-refractivity contribution in [1.82, 2.24) is 19.5 Å². The zero-order valence-electron chi connectivity index (χ0n) is 22.3. The highest BCUT2D eigenvalue weighted by Crippen LogP contribution is 2.79. The lowest BCUT2D eigenvalue weighted by atomic mass is 10.1. The van der Waals surface area contributed by atoms with Crippen molar-refractivity contribution in [2.24, 2.45) is 0 Å². The molecule has 1 aliphatic rings. The van der Waals surface area contributed by atoms with Gasteiger partial charge in [-0.2, -0.15) is 13.2 Å². The van der Waals surface area contributed by atoms with Crippen LogP contribution in [0.2, 0.25) is 0 Å². The van der Waals surface area contributed by atoms with E-state index < -0.39 is 87.1 Å². The van der Waals surface area contributed by atoms with Crippen molar-refractivity contribution >= 4 is 85.8 Å². The van der Waals surface area contributed by atoms with Crippen molar-refractivity contribution in [3.8, 4) is 0 Å². The second-order valence-corrected chi connectivity index (χ2v) is 19.7. The molecule has 258 valence electrons. The lowest BCUT2D eigenvalue weighted by Crippen LogP contribution is -2.33. The van der Waals surface area contributed by atoms with Gasteiger partial charge in [0.25, 0.3) is 0 Å². The second kappa shape index (κ2) is 14.6. The van der Waals surface area contributed by atoms with Crippen molar-refractivity contribution in [2.75, 3.05) is 36.2 Å². The van der Waals surface area contributed by atoms with Gasteiger partial charge < -0.3 is 39.8 Å². The van der Waals surface area contributed by atoms with E-state index in [1.165, 1.54) is 6.26 Å². The first-order valence-corrected chi connectivity index (χ1v) is 20.1. The van der Waals surface area contributed by atoms with Gasteiger partial charge in [0.2, 0.25) is 0 Å². The molecule has 0 aliphatic carbocycles. The molecule has 0 bridgehead atoms. The molecule has 1 fully saturated rings. The Labute approximate surface area is 267 Å². The number of rotatable bonds is 15. The summed E-state index contributed by atoms with van der Waals surface area (Å²) in [7, 11) is -18.7. The van der Waals surface area contributed by atoms with E-state index in [0.29, 0.717) is 11.8 Å². The molecule has 45 heavy (non-hydrogen) atoms. The lowest BCUT2D eigenvalue weighted by molar-refractivity contribution is -0.129. The van der Waals surface area contributed by atoms with Crippen LogP contribution in [0.15, 0.2) is 11.5 Å². The van der Waals surface area contributed by atoms with Crippen LogP contribution in [0.3, 0.4) is 0 Å². The summed E-state index contributed by atoms with van der Waals surface area (Å²) in [6.45, 7) is -1.00. The Morgan fingerprint density at radius 1 is 1.16 bits per heavy atom. The minimum absolute atomic E-state index is 0.0448. The number of aliphatic hydroxyl groups excluding tert-OH is 2. The molecule has 0 radical (unpaired) electrons. The summed E-state index contributed by atoms with van der Waals surface area (Å²) in [5, 5.41) is 23.9. The summed E-state index contributed by atoms with van der Waals surface area (Å²) in [6.07, 6.45) is -9.98. The van der Waals surface area contributed by atoms with E-state index in [9.17, 15) is 51.1 Å². The number of hydrogen-bond acceptors (Lipinski definition) is 14. The molecule has 3 heterocycles. The number of halogens is 5.